The number of nitrogens with one attached hydrogen (secondary N) is 2. The largest absolute Gasteiger partial charge is 0.317 e. The Morgan fingerprint density at radius 3 is 2.26 bits per heavy atom. The molecule has 0 fully saturated rings. The van der Waals surface area contributed by atoms with Gasteiger partial charge in [0.25, 0.3) is 11.8 Å². The summed E-state index contributed by atoms with van der Waals surface area (Å²) in [6, 6.07) is 16.3. The highest BCUT2D eigenvalue weighted by Crippen LogP contribution is 2.16. The lowest BCUT2D eigenvalue weighted by Gasteiger charge is -2.09. The van der Waals surface area contributed by atoms with Gasteiger partial charge in [0.1, 0.15) is 5.70 Å². The van der Waals surface area contributed by atoms with E-state index in [2.05, 4.69) is 5.32 Å². The number of hydrazine groups is 1. The van der Waals surface area contributed by atoms with Crippen LogP contribution in [-0.4, -0.2) is 18.1 Å². The summed E-state index contributed by atoms with van der Waals surface area (Å²) >= 11 is 1.63. The van der Waals surface area contributed by atoms with Crippen LogP contribution in [0.4, 0.5) is 0 Å². The Kier molecular flexibility index (Phi) is 5.96. The van der Waals surface area contributed by atoms with Crippen LogP contribution < -0.4 is 16.6 Å². The van der Waals surface area contributed by atoms with Crippen LogP contribution in [0.15, 0.2) is 65.2 Å². The fourth-order valence-electron chi connectivity index (χ4n) is 1.89. The van der Waals surface area contributed by atoms with Crippen molar-refractivity contribution in [3.63, 3.8) is 0 Å². The fourth-order valence-corrected chi connectivity index (χ4v) is 2.30. The normalized spacial score (nSPS) is 11.0. The first kappa shape index (κ1) is 16.8. The highest BCUT2D eigenvalue weighted by Gasteiger charge is 2.13. The van der Waals surface area contributed by atoms with Crippen LogP contribution in [0.25, 0.3) is 6.08 Å². The molecule has 0 aliphatic heterocycles. The van der Waals surface area contributed by atoms with Crippen molar-refractivity contribution in [2.45, 2.75) is 4.90 Å². The first-order valence-corrected chi connectivity index (χ1v) is 8.09. The number of nitrogens with two attached hydrogens (primary N) is 1. The molecule has 0 radical (unpaired) electrons. The lowest BCUT2D eigenvalue weighted by atomic mass is 10.1. The molecule has 118 valence electrons. The molecule has 0 saturated heterocycles. The van der Waals surface area contributed by atoms with Crippen molar-refractivity contribution in [2.24, 2.45) is 5.84 Å². The Labute approximate surface area is 138 Å². The Hall–Kier alpha value is -2.57. The van der Waals surface area contributed by atoms with Crippen molar-refractivity contribution < 1.29 is 9.59 Å². The van der Waals surface area contributed by atoms with Crippen molar-refractivity contribution in [2.75, 3.05) is 6.26 Å². The summed E-state index contributed by atoms with van der Waals surface area (Å²) in [5, 5.41) is 2.59. The molecule has 0 aromatic heterocycles. The van der Waals surface area contributed by atoms with Crippen LogP contribution in [0.1, 0.15) is 15.9 Å². The van der Waals surface area contributed by atoms with E-state index in [1.807, 2.05) is 42.0 Å². The zero-order valence-corrected chi connectivity index (χ0v) is 13.4. The van der Waals surface area contributed by atoms with Crippen LogP contribution in [0.2, 0.25) is 0 Å². The van der Waals surface area contributed by atoms with Crippen LogP contribution in [-0.2, 0) is 4.79 Å². The van der Waals surface area contributed by atoms with Crippen LogP contribution in [0, 0.1) is 0 Å². The van der Waals surface area contributed by atoms with Gasteiger partial charge in [-0.3, -0.25) is 15.0 Å². The lowest BCUT2D eigenvalue weighted by Crippen LogP contribution is -2.38. The Balaban J connectivity index is 2.24. The van der Waals surface area contributed by atoms with E-state index in [4.69, 9.17) is 5.84 Å². The topological polar surface area (TPSA) is 84.2 Å². The molecule has 5 nitrogen and oxygen atoms in total. The summed E-state index contributed by atoms with van der Waals surface area (Å²) in [6.07, 6.45) is 3.56. The minimum atomic E-state index is -0.566. The minimum Gasteiger partial charge on any atom is -0.317 e. The third kappa shape index (κ3) is 4.70. The second kappa shape index (κ2) is 8.17. The number of hydrogen-bond acceptors (Lipinski definition) is 4. The van der Waals surface area contributed by atoms with Crippen molar-refractivity contribution in [3.05, 3.63) is 71.4 Å². The van der Waals surface area contributed by atoms with Gasteiger partial charge in [-0.15, -0.1) is 11.8 Å². The molecule has 0 aliphatic carbocycles. The average molecular weight is 327 g/mol. The van der Waals surface area contributed by atoms with Crippen LogP contribution in [0.3, 0.4) is 0 Å². The monoisotopic (exact) mass is 327 g/mol. The van der Waals surface area contributed by atoms with Gasteiger partial charge >= 0.3 is 0 Å². The molecular formula is C17H17N3O2S. The Bertz CT molecular complexity index is 712. The van der Waals surface area contributed by atoms with Crippen LogP contribution >= 0.6 is 11.8 Å². The molecule has 2 aromatic carbocycles. The molecule has 0 aliphatic rings. The first-order valence-electron chi connectivity index (χ1n) is 6.87. The number of hydrogen-bond donors (Lipinski definition) is 3. The summed E-state index contributed by atoms with van der Waals surface area (Å²) in [5.74, 6) is 4.25. The lowest BCUT2D eigenvalue weighted by molar-refractivity contribution is -0.117. The average Bonchev–Trinajstić information content (AvgIpc) is 2.61. The molecule has 2 aromatic rings. The highest BCUT2D eigenvalue weighted by atomic mass is 32.2. The Morgan fingerprint density at radius 2 is 1.70 bits per heavy atom. The summed E-state index contributed by atoms with van der Waals surface area (Å²) in [7, 11) is 0. The van der Waals surface area contributed by atoms with E-state index in [9.17, 15) is 9.59 Å². The molecule has 4 N–H and O–H groups in total. The van der Waals surface area contributed by atoms with Crippen molar-refractivity contribution in [1.82, 2.24) is 10.7 Å². The molecule has 0 heterocycles. The van der Waals surface area contributed by atoms with Crippen molar-refractivity contribution in [1.29, 1.82) is 0 Å². The van der Waals surface area contributed by atoms with Gasteiger partial charge < -0.3 is 5.32 Å². The molecule has 0 unspecified atom stereocenters. The maximum Gasteiger partial charge on any atom is 0.281 e. The third-order valence-electron chi connectivity index (χ3n) is 3.09. The van der Waals surface area contributed by atoms with Gasteiger partial charge in [0.05, 0.1) is 0 Å². The van der Waals surface area contributed by atoms with E-state index in [1.54, 1.807) is 42.1 Å². The third-order valence-corrected chi connectivity index (χ3v) is 3.83. The molecule has 6 heteroatoms. The number of thioether (sulfide) groups is 1. The maximum absolute atomic E-state index is 12.2. The summed E-state index contributed by atoms with van der Waals surface area (Å²) in [5.41, 5.74) is 3.37. The van der Waals surface area contributed by atoms with Gasteiger partial charge in [-0.05, 0) is 42.2 Å². The number of benzene rings is 2. The van der Waals surface area contributed by atoms with E-state index >= 15 is 0 Å². The molecule has 2 amide bonds. The minimum absolute atomic E-state index is 0.0817. The SMILES string of the molecule is CSc1ccc(C=C(NC(=O)c2ccccc2)C(=O)NN)cc1. The quantitative estimate of drug-likeness (QED) is 0.258. The van der Waals surface area contributed by atoms with Gasteiger partial charge in [-0.25, -0.2) is 5.84 Å². The fraction of sp³-hybridized carbons (Fsp3) is 0.0588. The zero-order valence-electron chi connectivity index (χ0n) is 12.6. The smallest absolute Gasteiger partial charge is 0.281 e. The molecular weight excluding hydrogens is 310 g/mol. The van der Waals surface area contributed by atoms with Gasteiger partial charge in [0.15, 0.2) is 0 Å². The van der Waals surface area contributed by atoms with Crippen molar-refractivity contribution >= 4 is 29.7 Å². The number of rotatable bonds is 5. The van der Waals surface area contributed by atoms with E-state index in [0.717, 1.165) is 10.5 Å². The molecule has 23 heavy (non-hydrogen) atoms. The van der Waals surface area contributed by atoms with Crippen molar-refractivity contribution in [3.8, 4) is 0 Å². The standard InChI is InChI=1S/C17H17N3O2S/c1-23-14-9-7-12(8-10-14)11-15(17(22)20-18)19-16(21)13-5-3-2-4-6-13/h2-11H,18H2,1H3,(H,19,21)(H,20,22). The van der Waals surface area contributed by atoms with Crippen LogP contribution in [0.5, 0.6) is 0 Å². The molecule has 0 atom stereocenters. The van der Waals surface area contributed by atoms with Gasteiger partial charge in [0.2, 0.25) is 0 Å². The Morgan fingerprint density at radius 1 is 1.04 bits per heavy atom. The molecule has 2 rings (SSSR count). The number of amides is 2. The van der Waals surface area contributed by atoms with E-state index in [1.165, 1.54) is 0 Å². The maximum atomic E-state index is 12.2. The number of carbonyl (C=O) groups excluding carboxylic acids is 2. The summed E-state index contributed by atoms with van der Waals surface area (Å²) < 4.78 is 0. The van der Waals surface area contributed by atoms with E-state index in [-0.39, 0.29) is 11.6 Å². The molecule has 0 spiro atoms. The predicted molar refractivity (Wildman–Crippen MR) is 92.4 cm³/mol. The molecule has 0 bridgehead atoms. The molecule has 0 saturated carbocycles. The highest BCUT2D eigenvalue weighted by molar-refractivity contribution is 7.98. The van der Waals surface area contributed by atoms with E-state index in [0.29, 0.717) is 5.56 Å². The summed E-state index contributed by atoms with van der Waals surface area (Å²) in [4.78, 5) is 25.2. The van der Waals surface area contributed by atoms with Gasteiger partial charge in [-0.1, -0.05) is 30.3 Å². The summed E-state index contributed by atoms with van der Waals surface area (Å²) in [6.45, 7) is 0. The second-order valence-corrected chi connectivity index (χ2v) is 5.50. The number of carbonyl (C=O) groups is 2. The van der Waals surface area contributed by atoms with E-state index < -0.39 is 5.91 Å². The zero-order chi connectivity index (χ0) is 16.7. The first-order chi connectivity index (χ1) is 11.1. The predicted octanol–water partition coefficient (Wildman–Crippen LogP) is 2.17. The van der Waals surface area contributed by atoms with Gasteiger partial charge in [0, 0.05) is 10.5 Å². The second-order valence-electron chi connectivity index (χ2n) is 4.62. The van der Waals surface area contributed by atoms with Gasteiger partial charge in [-0.2, -0.15) is 0 Å².